The van der Waals surface area contributed by atoms with E-state index >= 15 is 0 Å². The minimum absolute atomic E-state index is 0.00255. The Labute approximate surface area is 224 Å². The molecule has 39 heavy (non-hydrogen) atoms. The lowest BCUT2D eigenvalue weighted by Crippen LogP contribution is -2.47. The highest BCUT2D eigenvalue weighted by molar-refractivity contribution is 6.23. The molecular weight excluding hydrogens is 494 g/mol. The summed E-state index contributed by atoms with van der Waals surface area (Å²) in [5.74, 6) is -2.07. The van der Waals surface area contributed by atoms with Crippen molar-refractivity contribution in [3.05, 3.63) is 119 Å². The van der Waals surface area contributed by atoms with E-state index in [9.17, 15) is 19.2 Å². The van der Waals surface area contributed by atoms with Gasteiger partial charge in [0.1, 0.15) is 12.6 Å². The first-order valence-corrected chi connectivity index (χ1v) is 12.4. The van der Waals surface area contributed by atoms with Gasteiger partial charge in [0.15, 0.2) is 0 Å². The number of anilines is 1. The van der Waals surface area contributed by atoms with Gasteiger partial charge in [-0.05, 0) is 55.3 Å². The Morgan fingerprint density at radius 2 is 1.56 bits per heavy atom. The molecule has 3 amide bonds. The second-order valence-electron chi connectivity index (χ2n) is 9.14. The number of fused-ring (bicyclic) bond motifs is 2. The van der Waals surface area contributed by atoms with Crippen molar-refractivity contribution in [1.29, 1.82) is 0 Å². The summed E-state index contributed by atoms with van der Waals surface area (Å²) in [6, 6.07) is 23.0. The lowest BCUT2D eigenvalue weighted by atomic mass is 10.1. The number of aromatic nitrogens is 1. The number of nitrogens with one attached hydrogen (secondary N) is 1. The van der Waals surface area contributed by atoms with Gasteiger partial charge in [0.05, 0.1) is 27.9 Å². The van der Waals surface area contributed by atoms with Gasteiger partial charge in [0.2, 0.25) is 5.91 Å². The number of para-hydroxylation sites is 1. The van der Waals surface area contributed by atoms with Gasteiger partial charge in [-0.3, -0.25) is 24.3 Å². The van der Waals surface area contributed by atoms with E-state index in [1.165, 1.54) is 0 Å². The van der Waals surface area contributed by atoms with Crippen LogP contribution in [0.4, 0.5) is 5.69 Å². The number of amides is 3. The third kappa shape index (κ3) is 5.31. The molecule has 1 atom stereocenters. The molecule has 1 N–H and O–H groups in total. The first kappa shape index (κ1) is 25.5. The van der Waals surface area contributed by atoms with Crippen molar-refractivity contribution in [1.82, 2.24) is 9.88 Å². The molecule has 0 saturated heterocycles. The number of pyridine rings is 1. The van der Waals surface area contributed by atoms with Crippen LogP contribution in [-0.2, 0) is 9.53 Å². The molecule has 1 aromatic heterocycles. The lowest BCUT2D eigenvalue weighted by molar-refractivity contribution is -0.119. The zero-order valence-corrected chi connectivity index (χ0v) is 21.2. The molecule has 8 nitrogen and oxygen atoms in total. The monoisotopic (exact) mass is 519 g/mol. The van der Waals surface area contributed by atoms with Crippen molar-refractivity contribution in [2.45, 2.75) is 19.4 Å². The van der Waals surface area contributed by atoms with E-state index in [1.807, 2.05) is 12.1 Å². The quantitative estimate of drug-likeness (QED) is 0.199. The summed E-state index contributed by atoms with van der Waals surface area (Å²) in [5, 5.41) is 3.70. The number of hydrogen-bond acceptors (Lipinski definition) is 6. The molecule has 4 aromatic rings. The molecule has 3 aromatic carbocycles. The van der Waals surface area contributed by atoms with Crippen molar-refractivity contribution in [2.75, 3.05) is 11.9 Å². The maximum Gasteiger partial charge on any atom is 0.338 e. The summed E-state index contributed by atoms with van der Waals surface area (Å²) in [7, 11) is 0. The standard InChI is InChI=1S/C31H25N3O5/c1-20(19-39-31(38)22-9-3-2-4-10-22)16-17-26(34-29(36)23-13-5-6-14-24(23)30(34)37)28(35)33-25-15-7-11-21-12-8-18-32-27(21)25/h2-16,18,26H,17,19H2,1H3,(H,33,35)/b20-16+/t26-/m0/s1. The molecule has 0 fully saturated rings. The maximum absolute atomic E-state index is 13.6. The van der Waals surface area contributed by atoms with Crippen LogP contribution in [0.15, 0.2) is 103 Å². The second kappa shape index (κ2) is 11.1. The van der Waals surface area contributed by atoms with E-state index in [0.29, 0.717) is 22.3 Å². The number of ether oxygens (including phenoxy) is 1. The Hall–Kier alpha value is -5.11. The molecule has 0 unspecified atom stereocenters. The number of nitrogens with zero attached hydrogens (tertiary/aromatic N) is 2. The summed E-state index contributed by atoms with van der Waals surface area (Å²) in [6.45, 7) is 1.75. The Kier molecular flexibility index (Phi) is 7.27. The smallest absolute Gasteiger partial charge is 0.338 e. The predicted octanol–water partition coefficient (Wildman–Crippen LogP) is 5.03. The number of carbonyl (C=O) groups excluding carboxylic acids is 4. The summed E-state index contributed by atoms with van der Waals surface area (Å²) < 4.78 is 5.38. The lowest BCUT2D eigenvalue weighted by Gasteiger charge is -2.25. The van der Waals surface area contributed by atoms with Crippen LogP contribution in [0.25, 0.3) is 10.9 Å². The summed E-state index contributed by atoms with van der Waals surface area (Å²) in [6.07, 6.45) is 3.36. The first-order chi connectivity index (χ1) is 18.9. The molecule has 0 saturated carbocycles. The van der Waals surface area contributed by atoms with Gasteiger partial charge in [-0.2, -0.15) is 0 Å². The van der Waals surface area contributed by atoms with Gasteiger partial charge in [-0.1, -0.05) is 54.6 Å². The van der Waals surface area contributed by atoms with Crippen LogP contribution in [0.1, 0.15) is 44.4 Å². The van der Waals surface area contributed by atoms with E-state index in [2.05, 4.69) is 10.3 Å². The van der Waals surface area contributed by atoms with E-state index in [1.54, 1.807) is 92.0 Å². The Morgan fingerprint density at radius 1 is 0.897 bits per heavy atom. The van der Waals surface area contributed by atoms with Crippen molar-refractivity contribution < 1.29 is 23.9 Å². The third-order valence-corrected chi connectivity index (χ3v) is 6.46. The van der Waals surface area contributed by atoms with Crippen molar-refractivity contribution >= 4 is 40.3 Å². The Balaban J connectivity index is 1.39. The Bertz CT molecular complexity index is 1570. The first-order valence-electron chi connectivity index (χ1n) is 12.4. The predicted molar refractivity (Wildman–Crippen MR) is 146 cm³/mol. The topological polar surface area (TPSA) is 106 Å². The fraction of sp³-hybridized carbons (Fsp3) is 0.129. The zero-order chi connectivity index (χ0) is 27.4. The van der Waals surface area contributed by atoms with Crippen LogP contribution in [0, 0.1) is 0 Å². The minimum atomic E-state index is -1.14. The normalized spacial score (nSPS) is 13.8. The number of imide groups is 1. The molecule has 0 radical (unpaired) electrons. The van der Waals surface area contributed by atoms with Gasteiger partial charge >= 0.3 is 5.97 Å². The van der Waals surface area contributed by atoms with Crippen molar-refractivity contribution in [3.63, 3.8) is 0 Å². The molecule has 1 aliphatic rings. The van der Waals surface area contributed by atoms with E-state index < -0.39 is 29.7 Å². The summed E-state index contributed by atoms with van der Waals surface area (Å²) >= 11 is 0. The molecule has 0 bridgehead atoms. The SMILES string of the molecule is C/C(=C\C[C@@H](C(=O)Nc1cccc2cccnc12)N1C(=O)c2ccccc2C1=O)COC(=O)c1ccccc1. The molecule has 1 aliphatic heterocycles. The highest BCUT2D eigenvalue weighted by Crippen LogP contribution is 2.28. The molecule has 194 valence electrons. The summed E-state index contributed by atoms with van der Waals surface area (Å²) in [4.78, 5) is 57.8. The van der Waals surface area contributed by atoms with Crippen molar-refractivity contribution in [2.24, 2.45) is 0 Å². The van der Waals surface area contributed by atoms with Crippen LogP contribution in [-0.4, -0.2) is 46.2 Å². The van der Waals surface area contributed by atoms with E-state index in [0.717, 1.165) is 10.3 Å². The van der Waals surface area contributed by atoms with Crippen LogP contribution in [0.3, 0.4) is 0 Å². The summed E-state index contributed by atoms with van der Waals surface area (Å²) in [5.41, 5.74) is 2.67. The van der Waals surface area contributed by atoms with Gasteiger partial charge in [0.25, 0.3) is 11.8 Å². The Morgan fingerprint density at radius 3 is 2.28 bits per heavy atom. The average Bonchev–Trinajstić information content (AvgIpc) is 3.22. The molecule has 8 heteroatoms. The van der Waals surface area contributed by atoms with Crippen LogP contribution >= 0.6 is 0 Å². The molecular formula is C31H25N3O5. The van der Waals surface area contributed by atoms with E-state index in [-0.39, 0.29) is 24.2 Å². The number of carbonyl (C=O) groups is 4. The maximum atomic E-state index is 13.6. The third-order valence-electron chi connectivity index (χ3n) is 6.46. The molecule has 0 aliphatic carbocycles. The minimum Gasteiger partial charge on any atom is -0.458 e. The average molecular weight is 520 g/mol. The number of esters is 1. The van der Waals surface area contributed by atoms with Gasteiger partial charge < -0.3 is 10.1 Å². The van der Waals surface area contributed by atoms with Crippen molar-refractivity contribution in [3.8, 4) is 0 Å². The second-order valence-corrected chi connectivity index (χ2v) is 9.14. The van der Waals surface area contributed by atoms with Gasteiger partial charge in [0, 0.05) is 11.6 Å². The highest BCUT2D eigenvalue weighted by Gasteiger charge is 2.42. The number of hydrogen-bond donors (Lipinski definition) is 1. The number of rotatable bonds is 8. The van der Waals surface area contributed by atoms with E-state index in [4.69, 9.17) is 4.74 Å². The van der Waals surface area contributed by atoms with Crippen LogP contribution in [0.5, 0.6) is 0 Å². The zero-order valence-electron chi connectivity index (χ0n) is 21.2. The molecule has 2 heterocycles. The molecule has 0 spiro atoms. The van der Waals surface area contributed by atoms with Crippen LogP contribution < -0.4 is 5.32 Å². The fourth-order valence-corrected chi connectivity index (χ4v) is 4.45. The van der Waals surface area contributed by atoms with Gasteiger partial charge in [-0.25, -0.2) is 4.79 Å². The highest BCUT2D eigenvalue weighted by atomic mass is 16.5. The van der Waals surface area contributed by atoms with Gasteiger partial charge in [-0.15, -0.1) is 0 Å². The van der Waals surface area contributed by atoms with Crippen LogP contribution in [0.2, 0.25) is 0 Å². The largest absolute Gasteiger partial charge is 0.458 e. The number of benzene rings is 3. The fourth-order valence-electron chi connectivity index (χ4n) is 4.45. The molecule has 5 rings (SSSR count).